The minimum atomic E-state index is -0.136. The lowest BCUT2D eigenvalue weighted by Gasteiger charge is -2.09. The van der Waals surface area contributed by atoms with E-state index in [1.165, 1.54) is 0 Å². The van der Waals surface area contributed by atoms with Gasteiger partial charge in [-0.15, -0.1) is 11.3 Å². The summed E-state index contributed by atoms with van der Waals surface area (Å²) in [4.78, 5) is 21.9. The standard InChI is InChI=1S/C19H19N5OS/c1-11(2)24-18-14(9-21-24)13(8-12(3)22-18)19(25)20-10-17-23-15-6-4-5-7-16(15)26-17/h4-9,11H,10H2,1-3H3,(H,20,25). The quantitative estimate of drug-likeness (QED) is 0.596. The third-order valence-corrected chi connectivity index (χ3v) is 5.20. The average molecular weight is 365 g/mol. The van der Waals surface area contributed by atoms with E-state index in [0.29, 0.717) is 12.1 Å². The van der Waals surface area contributed by atoms with Gasteiger partial charge < -0.3 is 5.32 Å². The third-order valence-electron chi connectivity index (χ3n) is 4.17. The monoisotopic (exact) mass is 365 g/mol. The predicted octanol–water partition coefficient (Wildman–Crippen LogP) is 3.86. The van der Waals surface area contributed by atoms with Gasteiger partial charge in [0.2, 0.25) is 0 Å². The molecule has 0 atom stereocenters. The Balaban J connectivity index is 1.61. The predicted molar refractivity (Wildman–Crippen MR) is 103 cm³/mol. The zero-order chi connectivity index (χ0) is 18.3. The number of fused-ring (bicyclic) bond motifs is 2. The van der Waals surface area contributed by atoms with Crippen molar-refractivity contribution in [3.8, 4) is 0 Å². The Morgan fingerprint density at radius 3 is 2.85 bits per heavy atom. The maximum atomic E-state index is 12.8. The lowest BCUT2D eigenvalue weighted by Crippen LogP contribution is -2.23. The molecule has 0 saturated heterocycles. The van der Waals surface area contributed by atoms with Gasteiger partial charge in [-0.3, -0.25) is 4.79 Å². The first kappa shape index (κ1) is 16.7. The minimum absolute atomic E-state index is 0.136. The number of aromatic nitrogens is 4. The fourth-order valence-electron chi connectivity index (χ4n) is 2.96. The van der Waals surface area contributed by atoms with E-state index in [1.807, 2.05) is 55.8 Å². The summed E-state index contributed by atoms with van der Waals surface area (Å²) in [6.07, 6.45) is 1.72. The van der Waals surface area contributed by atoms with Crippen molar-refractivity contribution in [3.63, 3.8) is 0 Å². The van der Waals surface area contributed by atoms with E-state index < -0.39 is 0 Å². The first-order valence-electron chi connectivity index (χ1n) is 8.50. The topological polar surface area (TPSA) is 72.7 Å². The Hall–Kier alpha value is -2.80. The fraction of sp³-hybridized carbons (Fsp3) is 0.263. The van der Waals surface area contributed by atoms with Crippen LogP contribution in [0.15, 0.2) is 36.5 Å². The molecule has 0 aliphatic carbocycles. The molecule has 0 aliphatic rings. The van der Waals surface area contributed by atoms with Crippen LogP contribution in [0.2, 0.25) is 0 Å². The molecule has 3 heterocycles. The Kier molecular flexibility index (Phi) is 4.16. The summed E-state index contributed by atoms with van der Waals surface area (Å²) in [6, 6.07) is 9.96. The van der Waals surface area contributed by atoms with E-state index >= 15 is 0 Å². The molecule has 0 bridgehead atoms. The smallest absolute Gasteiger partial charge is 0.252 e. The summed E-state index contributed by atoms with van der Waals surface area (Å²) < 4.78 is 2.96. The van der Waals surface area contributed by atoms with Crippen LogP contribution in [0.3, 0.4) is 0 Å². The number of para-hydroxylation sites is 1. The normalized spacial score (nSPS) is 11.5. The zero-order valence-electron chi connectivity index (χ0n) is 14.9. The van der Waals surface area contributed by atoms with Crippen LogP contribution in [-0.4, -0.2) is 25.7 Å². The summed E-state index contributed by atoms with van der Waals surface area (Å²) in [5.41, 5.74) is 3.10. The lowest BCUT2D eigenvalue weighted by atomic mass is 10.1. The number of carbonyl (C=O) groups excluding carboxylic acids is 1. The lowest BCUT2D eigenvalue weighted by molar-refractivity contribution is 0.0952. The molecule has 0 spiro atoms. The number of hydrogen-bond donors (Lipinski definition) is 1. The van der Waals surface area contributed by atoms with Gasteiger partial charge in [-0.05, 0) is 39.0 Å². The molecule has 0 radical (unpaired) electrons. The molecule has 0 fully saturated rings. The first-order valence-corrected chi connectivity index (χ1v) is 9.32. The van der Waals surface area contributed by atoms with Crippen molar-refractivity contribution in [2.24, 2.45) is 0 Å². The van der Waals surface area contributed by atoms with E-state index in [1.54, 1.807) is 17.5 Å². The largest absolute Gasteiger partial charge is 0.346 e. The van der Waals surface area contributed by atoms with Crippen molar-refractivity contribution in [2.75, 3.05) is 0 Å². The number of benzene rings is 1. The summed E-state index contributed by atoms with van der Waals surface area (Å²) in [6.45, 7) is 6.38. The van der Waals surface area contributed by atoms with Crippen molar-refractivity contribution < 1.29 is 4.79 Å². The molecule has 0 unspecified atom stereocenters. The maximum Gasteiger partial charge on any atom is 0.252 e. The Morgan fingerprint density at radius 2 is 2.08 bits per heavy atom. The maximum absolute atomic E-state index is 12.8. The van der Waals surface area contributed by atoms with E-state index in [2.05, 4.69) is 20.4 Å². The summed E-state index contributed by atoms with van der Waals surface area (Å²) >= 11 is 1.59. The molecule has 1 amide bonds. The van der Waals surface area contributed by atoms with Gasteiger partial charge in [-0.1, -0.05) is 12.1 Å². The Bertz CT molecular complexity index is 1080. The molecule has 1 aromatic carbocycles. The summed E-state index contributed by atoms with van der Waals surface area (Å²) in [5, 5.41) is 9.03. The van der Waals surface area contributed by atoms with Gasteiger partial charge in [-0.25, -0.2) is 14.6 Å². The molecule has 4 aromatic rings. The average Bonchev–Trinajstić information content (AvgIpc) is 3.22. The van der Waals surface area contributed by atoms with Crippen LogP contribution in [0, 0.1) is 6.92 Å². The summed E-state index contributed by atoms with van der Waals surface area (Å²) in [5.74, 6) is -0.136. The highest BCUT2D eigenvalue weighted by molar-refractivity contribution is 7.18. The van der Waals surface area contributed by atoms with Gasteiger partial charge in [0.05, 0.1) is 33.9 Å². The molecule has 7 heteroatoms. The number of carbonyl (C=O) groups is 1. The second-order valence-electron chi connectivity index (χ2n) is 6.49. The van der Waals surface area contributed by atoms with Crippen LogP contribution < -0.4 is 5.32 Å². The van der Waals surface area contributed by atoms with Crippen molar-refractivity contribution >= 4 is 38.5 Å². The van der Waals surface area contributed by atoms with Gasteiger partial charge in [0.25, 0.3) is 5.91 Å². The van der Waals surface area contributed by atoms with Gasteiger partial charge in [-0.2, -0.15) is 5.10 Å². The molecule has 6 nitrogen and oxygen atoms in total. The molecule has 132 valence electrons. The number of amides is 1. The van der Waals surface area contributed by atoms with E-state index in [9.17, 15) is 4.79 Å². The van der Waals surface area contributed by atoms with Crippen LogP contribution >= 0.6 is 11.3 Å². The van der Waals surface area contributed by atoms with E-state index in [4.69, 9.17) is 0 Å². The molecule has 3 aromatic heterocycles. The third kappa shape index (κ3) is 2.94. The number of hydrogen-bond acceptors (Lipinski definition) is 5. The number of rotatable bonds is 4. The van der Waals surface area contributed by atoms with Crippen molar-refractivity contribution in [3.05, 3.63) is 52.8 Å². The molecular weight excluding hydrogens is 346 g/mol. The zero-order valence-corrected chi connectivity index (χ0v) is 15.7. The van der Waals surface area contributed by atoms with Crippen LogP contribution in [0.25, 0.3) is 21.3 Å². The van der Waals surface area contributed by atoms with Gasteiger partial charge in [0, 0.05) is 11.7 Å². The molecule has 4 rings (SSSR count). The van der Waals surface area contributed by atoms with Gasteiger partial charge >= 0.3 is 0 Å². The fourth-order valence-corrected chi connectivity index (χ4v) is 3.86. The molecule has 26 heavy (non-hydrogen) atoms. The second kappa shape index (κ2) is 6.49. The number of nitrogens with zero attached hydrogens (tertiary/aromatic N) is 4. The molecule has 0 aliphatic heterocycles. The molecule has 0 saturated carbocycles. The van der Waals surface area contributed by atoms with Gasteiger partial charge in [0.1, 0.15) is 5.01 Å². The number of thiazole rings is 1. The second-order valence-corrected chi connectivity index (χ2v) is 7.60. The highest BCUT2D eigenvalue weighted by atomic mass is 32.1. The van der Waals surface area contributed by atoms with Crippen LogP contribution in [0.1, 0.15) is 40.9 Å². The van der Waals surface area contributed by atoms with Crippen molar-refractivity contribution in [2.45, 2.75) is 33.4 Å². The van der Waals surface area contributed by atoms with Crippen LogP contribution in [0.4, 0.5) is 0 Å². The van der Waals surface area contributed by atoms with Crippen LogP contribution in [-0.2, 0) is 6.54 Å². The van der Waals surface area contributed by atoms with E-state index in [0.717, 1.165) is 32.0 Å². The molecule has 1 N–H and O–H groups in total. The number of nitrogens with one attached hydrogen (secondary N) is 1. The molecular formula is C19H19N5OS. The highest BCUT2D eigenvalue weighted by Gasteiger charge is 2.17. The number of pyridine rings is 1. The SMILES string of the molecule is Cc1cc(C(=O)NCc2nc3ccccc3s2)c2cnn(C(C)C)c2n1. The Labute approximate surface area is 154 Å². The number of aryl methyl sites for hydroxylation is 1. The van der Waals surface area contributed by atoms with Crippen molar-refractivity contribution in [1.82, 2.24) is 25.1 Å². The summed E-state index contributed by atoms with van der Waals surface area (Å²) in [7, 11) is 0. The highest BCUT2D eigenvalue weighted by Crippen LogP contribution is 2.23. The van der Waals surface area contributed by atoms with Gasteiger partial charge in [0.15, 0.2) is 5.65 Å². The van der Waals surface area contributed by atoms with E-state index in [-0.39, 0.29) is 11.9 Å². The first-order chi connectivity index (χ1) is 12.5. The van der Waals surface area contributed by atoms with Crippen LogP contribution in [0.5, 0.6) is 0 Å². The Morgan fingerprint density at radius 1 is 1.27 bits per heavy atom. The minimum Gasteiger partial charge on any atom is -0.346 e. The van der Waals surface area contributed by atoms with Crippen molar-refractivity contribution in [1.29, 1.82) is 0 Å².